The standard InChI is InChI=1S/C38H24O/c1-2-10-26(11-3-1)37-30-13-4-6-15-32(30)38(33-16-7-5-14-31(33)37)27-20-18-25(19-21-27)28-22-23-36-34(24-28)29-12-8-9-17-35(29)39-36/h1-24H/i1D,2D,3D,4D,5D,6D,7D,8D,9D,10D,11D,12D,13D,14D,15D,16D,17D,18D,19D,20D,21D,22D,23D,24D. The lowest BCUT2D eigenvalue weighted by Crippen LogP contribution is -1.90. The maximum atomic E-state index is 9.40. The molecule has 0 aliphatic carbocycles. The zero-order chi connectivity index (χ0) is 46.6. The van der Waals surface area contributed by atoms with E-state index in [1.165, 1.54) is 0 Å². The van der Waals surface area contributed by atoms with Crippen molar-refractivity contribution < 1.29 is 37.3 Å². The van der Waals surface area contributed by atoms with Crippen LogP contribution >= 0.6 is 0 Å². The van der Waals surface area contributed by atoms with E-state index in [4.69, 9.17) is 30.5 Å². The van der Waals surface area contributed by atoms with Gasteiger partial charge in [-0.25, -0.2) is 0 Å². The van der Waals surface area contributed by atoms with Crippen molar-refractivity contribution >= 4 is 43.5 Å². The van der Waals surface area contributed by atoms with Crippen LogP contribution in [0.25, 0.3) is 76.9 Å². The van der Waals surface area contributed by atoms with Crippen molar-refractivity contribution in [3.05, 3.63) is 145 Å². The van der Waals surface area contributed by atoms with E-state index >= 15 is 0 Å². The fourth-order valence-corrected chi connectivity index (χ4v) is 4.49. The topological polar surface area (TPSA) is 13.1 Å². The van der Waals surface area contributed by atoms with Crippen molar-refractivity contribution in [2.24, 2.45) is 0 Å². The van der Waals surface area contributed by atoms with Gasteiger partial charge in [-0.1, -0.05) is 127 Å². The van der Waals surface area contributed by atoms with Crippen LogP contribution < -0.4 is 0 Å². The molecule has 1 nitrogen and oxygen atoms in total. The molecule has 182 valence electrons. The predicted molar refractivity (Wildman–Crippen MR) is 165 cm³/mol. The molecule has 0 aliphatic rings. The highest BCUT2D eigenvalue weighted by molar-refractivity contribution is 6.21. The highest BCUT2D eigenvalue weighted by Gasteiger charge is 2.16. The SMILES string of the molecule is [2H]c1c([2H])c([2H])c(-c2c3c([2H])c([2H])c([2H])c([2H])c3c(-c3c([2H])c([2H])c(-c4c([2H])c([2H])c5oc6c([2H])c([2H])c([2H])c([2H])c6c5c4[2H])c([2H])c3[2H])c3c([2H])c([2H])c([2H])c([2H])c23)c([2H])c1[2H]. The van der Waals surface area contributed by atoms with Crippen LogP contribution in [0.5, 0.6) is 0 Å². The average Bonchev–Trinajstić information content (AvgIpc) is 3.67. The Morgan fingerprint density at radius 3 is 1.38 bits per heavy atom. The molecular formula is C38H24O. The molecule has 0 spiro atoms. The summed E-state index contributed by atoms with van der Waals surface area (Å²) in [5.74, 6) is 0. The lowest BCUT2D eigenvalue weighted by Gasteiger charge is -2.18. The molecule has 8 rings (SSSR count). The molecule has 0 aliphatic heterocycles. The third kappa shape index (κ3) is 3.48. The summed E-state index contributed by atoms with van der Waals surface area (Å²) in [7, 11) is 0. The maximum Gasteiger partial charge on any atom is 0.135 e. The lowest BCUT2D eigenvalue weighted by molar-refractivity contribution is 0.669. The Bertz CT molecular complexity index is 3360. The lowest BCUT2D eigenvalue weighted by atomic mass is 9.86. The van der Waals surface area contributed by atoms with Gasteiger partial charge >= 0.3 is 0 Å². The summed E-state index contributed by atoms with van der Waals surface area (Å²) in [5.41, 5.74) is -5.25. The van der Waals surface area contributed by atoms with Crippen LogP contribution in [0.2, 0.25) is 0 Å². The van der Waals surface area contributed by atoms with E-state index in [1.54, 1.807) is 0 Å². The fourth-order valence-electron chi connectivity index (χ4n) is 4.49. The minimum atomic E-state index is -1.03. The first-order valence-electron chi connectivity index (χ1n) is 23.4. The van der Waals surface area contributed by atoms with Gasteiger partial charge in [0.25, 0.3) is 0 Å². The summed E-state index contributed by atoms with van der Waals surface area (Å²) < 4.78 is 217. The summed E-state index contributed by atoms with van der Waals surface area (Å²) in [6.45, 7) is 0. The van der Waals surface area contributed by atoms with E-state index in [0.29, 0.717) is 0 Å². The predicted octanol–water partition coefficient (Wildman–Crippen LogP) is 10.9. The summed E-state index contributed by atoms with van der Waals surface area (Å²) in [6, 6.07) is -21.2. The first kappa shape index (κ1) is 8.69. The normalized spacial score (nSPS) is 20.2. The molecule has 1 heteroatoms. The van der Waals surface area contributed by atoms with E-state index < -0.39 is 216 Å². The van der Waals surface area contributed by atoms with Crippen molar-refractivity contribution in [2.45, 2.75) is 0 Å². The number of benzene rings is 7. The number of furan rings is 1. The Hall–Kier alpha value is -5.14. The maximum absolute atomic E-state index is 9.40. The second-order valence-electron chi connectivity index (χ2n) is 8.26. The zero-order valence-corrected chi connectivity index (χ0v) is 19.4. The fraction of sp³-hybridized carbons (Fsp3) is 0. The minimum absolute atomic E-state index is 0.358. The third-order valence-corrected chi connectivity index (χ3v) is 6.14. The summed E-state index contributed by atoms with van der Waals surface area (Å²) in [4.78, 5) is 0. The average molecular weight is 521 g/mol. The number of para-hydroxylation sites is 1. The summed E-state index contributed by atoms with van der Waals surface area (Å²) in [6.07, 6.45) is 0. The van der Waals surface area contributed by atoms with Gasteiger partial charge in [-0.15, -0.1) is 0 Å². The van der Waals surface area contributed by atoms with Gasteiger partial charge in [0, 0.05) is 10.8 Å². The summed E-state index contributed by atoms with van der Waals surface area (Å²) >= 11 is 0. The minimum Gasteiger partial charge on any atom is -0.456 e. The van der Waals surface area contributed by atoms with Crippen molar-refractivity contribution in [1.29, 1.82) is 0 Å². The smallest absolute Gasteiger partial charge is 0.135 e. The number of rotatable bonds is 3. The van der Waals surface area contributed by atoms with Gasteiger partial charge < -0.3 is 4.42 Å². The molecule has 0 saturated heterocycles. The van der Waals surface area contributed by atoms with Crippen LogP contribution in [0.3, 0.4) is 0 Å². The Morgan fingerprint density at radius 2 is 0.769 bits per heavy atom. The van der Waals surface area contributed by atoms with Gasteiger partial charge in [-0.2, -0.15) is 0 Å². The Balaban J connectivity index is 1.63. The number of fused-ring (bicyclic) bond motifs is 5. The molecule has 0 amide bonds. The number of hydrogen-bond acceptors (Lipinski definition) is 1. The molecule has 8 aromatic rings. The monoisotopic (exact) mass is 520 g/mol. The Labute approximate surface area is 260 Å². The molecule has 1 aromatic heterocycles. The van der Waals surface area contributed by atoms with Gasteiger partial charge in [0.1, 0.15) is 11.2 Å². The zero-order valence-electron chi connectivity index (χ0n) is 43.4. The van der Waals surface area contributed by atoms with Crippen LogP contribution in [0.15, 0.2) is 149 Å². The molecule has 0 saturated carbocycles. The molecule has 1 heterocycles. The van der Waals surface area contributed by atoms with Gasteiger partial charge in [-0.05, 0) is 73.1 Å². The Morgan fingerprint density at radius 1 is 0.333 bits per heavy atom. The summed E-state index contributed by atoms with van der Waals surface area (Å²) in [5, 5.41) is -3.43. The van der Waals surface area contributed by atoms with Gasteiger partial charge in [0.05, 0.1) is 32.9 Å². The van der Waals surface area contributed by atoms with E-state index in [0.717, 1.165) is 0 Å². The quantitative estimate of drug-likeness (QED) is 0.211. The van der Waals surface area contributed by atoms with E-state index in [-0.39, 0.29) is 5.39 Å². The molecule has 0 fully saturated rings. The van der Waals surface area contributed by atoms with E-state index in [2.05, 4.69) is 0 Å². The van der Waals surface area contributed by atoms with Crippen molar-refractivity contribution in [1.82, 2.24) is 0 Å². The highest BCUT2D eigenvalue weighted by Crippen LogP contribution is 2.44. The number of hydrogen-bond donors (Lipinski definition) is 0. The van der Waals surface area contributed by atoms with Crippen LogP contribution in [-0.2, 0) is 0 Å². The first-order chi connectivity index (χ1) is 29.3. The Kier molecular flexibility index (Phi) is 1.94. The first-order valence-corrected chi connectivity index (χ1v) is 11.4. The highest BCUT2D eigenvalue weighted by atomic mass is 16.3. The molecule has 0 N–H and O–H groups in total. The molecule has 7 aromatic carbocycles. The third-order valence-electron chi connectivity index (χ3n) is 6.14. The van der Waals surface area contributed by atoms with Crippen molar-refractivity contribution in [2.75, 3.05) is 0 Å². The van der Waals surface area contributed by atoms with Crippen LogP contribution in [-0.4, -0.2) is 0 Å². The molecule has 0 radical (unpaired) electrons. The van der Waals surface area contributed by atoms with Gasteiger partial charge in [0.2, 0.25) is 0 Å². The van der Waals surface area contributed by atoms with Crippen LogP contribution in [0.1, 0.15) is 32.9 Å². The molecule has 39 heavy (non-hydrogen) atoms. The van der Waals surface area contributed by atoms with E-state index in [1.807, 2.05) is 0 Å². The largest absolute Gasteiger partial charge is 0.456 e. The second-order valence-corrected chi connectivity index (χ2v) is 8.26. The second kappa shape index (κ2) is 8.72. The molecule has 0 atom stereocenters. The molecule has 0 bridgehead atoms. The molecular weight excluding hydrogens is 472 g/mol. The van der Waals surface area contributed by atoms with Crippen LogP contribution in [0, 0.1) is 0 Å². The van der Waals surface area contributed by atoms with Crippen LogP contribution in [0.4, 0.5) is 0 Å². The molecule has 0 unspecified atom stereocenters. The van der Waals surface area contributed by atoms with Gasteiger partial charge in [0.15, 0.2) is 0 Å². The van der Waals surface area contributed by atoms with E-state index in [9.17, 15) is 6.85 Å². The van der Waals surface area contributed by atoms with Crippen molar-refractivity contribution in [3.8, 4) is 33.4 Å². The van der Waals surface area contributed by atoms with Gasteiger partial charge in [-0.3, -0.25) is 0 Å². The van der Waals surface area contributed by atoms with Crippen molar-refractivity contribution in [3.63, 3.8) is 0 Å².